The number of carbonyl (C=O) groups is 1. The molecule has 0 saturated carbocycles. The van der Waals surface area contributed by atoms with Gasteiger partial charge in [-0.2, -0.15) is 0 Å². The number of amides is 1. The van der Waals surface area contributed by atoms with E-state index in [1.165, 1.54) is 6.42 Å². The highest BCUT2D eigenvalue weighted by atomic mass is 32.1. The Morgan fingerprint density at radius 3 is 2.60 bits per heavy atom. The number of hydrogen-bond donors (Lipinski definition) is 1. The summed E-state index contributed by atoms with van der Waals surface area (Å²) in [4.78, 5) is 16.5. The zero-order valence-corrected chi connectivity index (χ0v) is 12.7. The molecule has 1 aliphatic rings. The molecule has 0 unspecified atom stereocenters. The summed E-state index contributed by atoms with van der Waals surface area (Å²) in [5, 5.41) is 0. The standard InChI is InChI=1S/C15H21N3OS/c1-17(11-14(19)18-9-5-2-6-10-18)13-8-4-3-7-12(13)15(16)20/h3-4,7-8H,2,5-6,9-11H2,1H3,(H2,16,20). The highest BCUT2D eigenvalue weighted by Gasteiger charge is 2.19. The molecule has 0 spiro atoms. The second-order valence-electron chi connectivity index (χ2n) is 5.18. The number of thiocarbonyl (C=S) groups is 1. The normalized spacial score (nSPS) is 14.9. The first-order valence-electron chi connectivity index (χ1n) is 6.97. The smallest absolute Gasteiger partial charge is 0.242 e. The fourth-order valence-electron chi connectivity index (χ4n) is 2.55. The van der Waals surface area contributed by atoms with Crippen LogP contribution in [0.2, 0.25) is 0 Å². The molecule has 1 saturated heterocycles. The zero-order valence-electron chi connectivity index (χ0n) is 11.8. The Hall–Kier alpha value is -1.62. The van der Waals surface area contributed by atoms with Gasteiger partial charge >= 0.3 is 0 Å². The van der Waals surface area contributed by atoms with Gasteiger partial charge in [0.1, 0.15) is 4.99 Å². The summed E-state index contributed by atoms with van der Waals surface area (Å²) >= 11 is 5.06. The van der Waals surface area contributed by atoms with Crippen LogP contribution in [0.15, 0.2) is 24.3 Å². The molecule has 2 N–H and O–H groups in total. The number of rotatable bonds is 4. The number of hydrogen-bond acceptors (Lipinski definition) is 3. The minimum Gasteiger partial charge on any atom is -0.389 e. The van der Waals surface area contributed by atoms with Crippen LogP contribution in [-0.4, -0.2) is 42.5 Å². The molecule has 1 aromatic carbocycles. The molecule has 2 rings (SSSR count). The molecule has 0 bridgehead atoms. The number of likely N-dealkylation sites (N-methyl/N-ethyl adjacent to an activating group) is 1. The number of nitrogens with zero attached hydrogens (tertiary/aromatic N) is 2. The summed E-state index contributed by atoms with van der Waals surface area (Å²) in [6.07, 6.45) is 3.45. The van der Waals surface area contributed by atoms with Gasteiger partial charge in [-0.25, -0.2) is 0 Å². The molecule has 1 amide bonds. The molecule has 4 nitrogen and oxygen atoms in total. The van der Waals surface area contributed by atoms with Crippen LogP contribution >= 0.6 is 12.2 Å². The number of benzene rings is 1. The molecular formula is C15H21N3OS. The predicted octanol–water partition coefficient (Wildman–Crippen LogP) is 1.77. The van der Waals surface area contributed by atoms with Gasteiger partial charge in [0.2, 0.25) is 5.91 Å². The van der Waals surface area contributed by atoms with E-state index in [1.54, 1.807) is 0 Å². The van der Waals surface area contributed by atoms with Gasteiger partial charge < -0.3 is 15.5 Å². The SMILES string of the molecule is CN(CC(=O)N1CCCCC1)c1ccccc1C(N)=S. The molecular weight excluding hydrogens is 270 g/mol. The minimum atomic E-state index is 0.171. The highest BCUT2D eigenvalue weighted by molar-refractivity contribution is 7.80. The maximum absolute atomic E-state index is 12.3. The first-order valence-corrected chi connectivity index (χ1v) is 7.38. The monoisotopic (exact) mass is 291 g/mol. The van der Waals surface area contributed by atoms with Crippen LogP contribution in [0.1, 0.15) is 24.8 Å². The Kier molecular flexibility index (Phi) is 4.95. The topological polar surface area (TPSA) is 49.6 Å². The fraction of sp³-hybridized carbons (Fsp3) is 0.467. The molecule has 20 heavy (non-hydrogen) atoms. The number of carbonyl (C=O) groups excluding carboxylic acids is 1. The summed E-state index contributed by atoms with van der Waals surface area (Å²) in [6, 6.07) is 7.66. The van der Waals surface area contributed by atoms with E-state index in [1.807, 2.05) is 41.1 Å². The Balaban J connectivity index is 2.06. The van der Waals surface area contributed by atoms with Gasteiger partial charge in [0.05, 0.1) is 6.54 Å². The van der Waals surface area contributed by atoms with Gasteiger partial charge in [-0.1, -0.05) is 24.4 Å². The minimum absolute atomic E-state index is 0.171. The molecule has 0 atom stereocenters. The molecule has 0 radical (unpaired) electrons. The number of likely N-dealkylation sites (tertiary alicyclic amines) is 1. The fourth-order valence-corrected chi connectivity index (χ4v) is 2.72. The van der Waals surface area contributed by atoms with Crippen LogP contribution in [-0.2, 0) is 4.79 Å². The molecule has 1 aromatic rings. The number of piperidine rings is 1. The van der Waals surface area contributed by atoms with Gasteiger partial charge in [0.15, 0.2) is 0 Å². The van der Waals surface area contributed by atoms with Crippen molar-refractivity contribution in [1.29, 1.82) is 0 Å². The lowest BCUT2D eigenvalue weighted by atomic mass is 10.1. The first kappa shape index (κ1) is 14.8. The largest absolute Gasteiger partial charge is 0.389 e. The van der Waals surface area contributed by atoms with E-state index in [9.17, 15) is 4.79 Å². The van der Waals surface area contributed by atoms with Crippen molar-refractivity contribution in [2.24, 2.45) is 5.73 Å². The second kappa shape index (κ2) is 6.70. The van der Waals surface area contributed by atoms with Crippen molar-refractivity contribution in [2.75, 3.05) is 31.6 Å². The van der Waals surface area contributed by atoms with Crippen LogP contribution < -0.4 is 10.6 Å². The Labute approximate surface area is 125 Å². The van der Waals surface area contributed by atoms with Crippen molar-refractivity contribution in [3.8, 4) is 0 Å². The average Bonchev–Trinajstić information content (AvgIpc) is 2.48. The van der Waals surface area contributed by atoms with Crippen LogP contribution in [0.4, 0.5) is 5.69 Å². The summed E-state index contributed by atoms with van der Waals surface area (Å²) in [5.74, 6) is 0.171. The average molecular weight is 291 g/mol. The van der Waals surface area contributed by atoms with Crippen molar-refractivity contribution in [2.45, 2.75) is 19.3 Å². The van der Waals surface area contributed by atoms with Crippen LogP contribution in [0.25, 0.3) is 0 Å². The quantitative estimate of drug-likeness (QED) is 0.859. The number of anilines is 1. The van der Waals surface area contributed by atoms with Crippen molar-refractivity contribution < 1.29 is 4.79 Å². The van der Waals surface area contributed by atoms with Gasteiger partial charge in [-0.3, -0.25) is 4.79 Å². The molecule has 0 aromatic heterocycles. The van der Waals surface area contributed by atoms with Gasteiger partial charge in [-0.15, -0.1) is 0 Å². The van der Waals surface area contributed by atoms with Crippen LogP contribution in [0.5, 0.6) is 0 Å². The molecule has 0 aliphatic carbocycles. The van der Waals surface area contributed by atoms with E-state index in [0.717, 1.165) is 37.2 Å². The van der Waals surface area contributed by atoms with Crippen molar-refractivity contribution in [1.82, 2.24) is 4.90 Å². The van der Waals surface area contributed by atoms with Crippen molar-refractivity contribution in [3.63, 3.8) is 0 Å². The highest BCUT2D eigenvalue weighted by Crippen LogP contribution is 2.19. The molecule has 1 fully saturated rings. The maximum Gasteiger partial charge on any atom is 0.242 e. The Morgan fingerprint density at radius 1 is 1.30 bits per heavy atom. The first-order chi connectivity index (χ1) is 9.59. The lowest BCUT2D eigenvalue weighted by Gasteiger charge is -2.29. The van der Waals surface area contributed by atoms with E-state index in [-0.39, 0.29) is 5.91 Å². The van der Waals surface area contributed by atoms with Crippen LogP contribution in [0.3, 0.4) is 0 Å². The summed E-state index contributed by atoms with van der Waals surface area (Å²) in [6.45, 7) is 2.12. The summed E-state index contributed by atoms with van der Waals surface area (Å²) in [5.41, 5.74) is 7.46. The Morgan fingerprint density at radius 2 is 1.95 bits per heavy atom. The van der Waals surface area contributed by atoms with E-state index in [0.29, 0.717) is 11.5 Å². The third kappa shape index (κ3) is 3.48. The van der Waals surface area contributed by atoms with Gasteiger partial charge in [0.25, 0.3) is 0 Å². The molecule has 1 aliphatic heterocycles. The summed E-state index contributed by atoms with van der Waals surface area (Å²) < 4.78 is 0. The zero-order chi connectivity index (χ0) is 14.5. The van der Waals surface area contributed by atoms with E-state index in [4.69, 9.17) is 18.0 Å². The number of para-hydroxylation sites is 1. The van der Waals surface area contributed by atoms with Crippen molar-refractivity contribution >= 4 is 28.8 Å². The molecule has 1 heterocycles. The predicted molar refractivity (Wildman–Crippen MR) is 86.0 cm³/mol. The third-order valence-corrected chi connectivity index (χ3v) is 3.88. The molecule has 108 valence electrons. The maximum atomic E-state index is 12.3. The van der Waals surface area contributed by atoms with Gasteiger partial charge in [-0.05, 0) is 31.4 Å². The van der Waals surface area contributed by atoms with E-state index in [2.05, 4.69) is 0 Å². The van der Waals surface area contributed by atoms with Gasteiger partial charge in [0, 0.05) is 31.4 Å². The van der Waals surface area contributed by atoms with Crippen molar-refractivity contribution in [3.05, 3.63) is 29.8 Å². The Bertz CT molecular complexity index is 498. The van der Waals surface area contributed by atoms with E-state index < -0.39 is 0 Å². The number of nitrogens with two attached hydrogens (primary N) is 1. The van der Waals surface area contributed by atoms with Crippen LogP contribution in [0, 0.1) is 0 Å². The molecule has 5 heteroatoms. The third-order valence-electron chi connectivity index (χ3n) is 3.66. The van der Waals surface area contributed by atoms with E-state index >= 15 is 0 Å². The second-order valence-corrected chi connectivity index (χ2v) is 5.62. The lowest BCUT2D eigenvalue weighted by Crippen LogP contribution is -2.42. The summed E-state index contributed by atoms with van der Waals surface area (Å²) in [7, 11) is 1.90. The lowest BCUT2D eigenvalue weighted by molar-refractivity contribution is -0.130.